The van der Waals surface area contributed by atoms with Crippen LogP contribution in [0.25, 0.3) is 0 Å². The molecule has 3 rings (SSSR count). The van der Waals surface area contributed by atoms with Crippen LogP contribution in [0.1, 0.15) is 5.56 Å². The van der Waals surface area contributed by atoms with Crippen molar-refractivity contribution in [3.05, 3.63) is 48.0 Å². The van der Waals surface area contributed by atoms with Gasteiger partial charge in [0.05, 0.1) is 13.5 Å². The highest BCUT2D eigenvalue weighted by atomic mass is 16.6. The quantitative estimate of drug-likeness (QED) is 0.642. The maximum atomic E-state index is 12.1. The van der Waals surface area contributed by atoms with Gasteiger partial charge in [-0.15, -0.1) is 0 Å². The van der Waals surface area contributed by atoms with Crippen molar-refractivity contribution in [2.75, 3.05) is 20.3 Å². The largest absolute Gasteiger partial charge is 0.493 e. The van der Waals surface area contributed by atoms with Crippen LogP contribution in [-0.2, 0) is 11.2 Å². The number of hydrogen-bond acceptors (Lipinski definition) is 5. The first-order chi connectivity index (χ1) is 10.8. The van der Waals surface area contributed by atoms with E-state index < -0.39 is 0 Å². The molecule has 0 amide bonds. The van der Waals surface area contributed by atoms with E-state index in [9.17, 15) is 4.79 Å². The van der Waals surface area contributed by atoms with Crippen LogP contribution in [0.3, 0.4) is 0 Å². The van der Waals surface area contributed by atoms with Crippen molar-refractivity contribution in [2.24, 2.45) is 0 Å². The minimum atomic E-state index is -0.360. The fourth-order valence-electron chi connectivity index (χ4n) is 2.23. The predicted octanol–water partition coefficient (Wildman–Crippen LogP) is 2.61. The minimum absolute atomic E-state index is 0.148. The molecule has 0 N–H and O–H groups in total. The molecule has 0 saturated heterocycles. The second-order valence-electron chi connectivity index (χ2n) is 4.78. The molecule has 1 aliphatic rings. The highest BCUT2D eigenvalue weighted by molar-refractivity contribution is 5.76. The van der Waals surface area contributed by atoms with E-state index in [1.165, 1.54) is 7.11 Å². The molecular formula is C17H16O5. The van der Waals surface area contributed by atoms with Crippen LogP contribution in [0.15, 0.2) is 42.5 Å². The molecule has 0 aromatic heterocycles. The molecule has 0 aliphatic carbocycles. The lowest BCUT2D eigenvalue weighted by Crippen LogP contribution is -2.16. The fourth-order valence-corrected chi connectivity index (χ4v) is 2.23. The summed E-state index contributed by atoms with van der Waals surface area (Å²) in [5.74, 6) is 1.94. The Morgan fingerprint density at radius 3 is 2.55 bits per heavy atom. The summed E-state index contributed by atoms with van der Waals surface area (Å²) < 4.78 is 21.5. The lowest BCUT2D eigenvalue weighted by molar-refractivity contribution is -0.133. The number of benzene rings is 2. The molecule has 22 heavy (non-hydrogen) atoms. The van der Waals surface area contributed by atoms with E-state index >= 15 is 0 Å². The normalized spacial score (nSPS) is 12.6. The van der Waals surface area contributed by atoms with Gasteiger partial charge in [-0.1, -0.05) is 18.2 Å². The summed E-state index contributed by atoms with van der Waals surface area (Å²) in [4.78, 5) is 12.1. The van der Waals surface area contributed by atoms with E-state index in [1.54, 1.807) is 30.3 Å². The van der Waals surface area contributed by atoms with E-state index in [4.69, 9.17) is 18.9 Å². The van der Waals surface area contributed by atoms with Crippen LogP contribution in [-0.4, -0.2) is 26.3 Å². The zero-order chi connectivity index (χ0) is 15.4. The summed E-state index contributed by atoms with van der Waals surface area (Å²) in [6.45, 7) is 1.06. The molecule has 0 bridgehead atoms. The standard InChI is InChI=1S/C17H16O5/c1-19-13-4-2-3-5-15(13)22-17(18)11-12-6-7-14-16(10-12)21-9-8-20-14/h2-7,10H,8-9,11H2,1H3. The van der Waals surface area contributed by atoms with Gasteiger partial charge < -0.3 is 18.9 Å². The summed E-state index contributed by atoms with van der Waals surface area (Å²) >= 11 is 0. The van der Waals surface area contributed by atoms with Gasteiger partial charge in [0.25, 0.3) is 0 Å². The Kier molecular flexibility index (Phi) is 4.14. The number of esters is 1. The molecule has 0 spiro atoms. The highest BCUT2D eigenvalue weighted by Crippen LogP contribution is 2.31. The zero-order valence-corrected chi connectivity index (χ0v) is 12.2. The van der Waals surface area contributed by atoms with Crippen LogP contribution in [0.2, 0.25) is 0 Å². The van der Waals surface area contributed by atoms with E-state index in [1.807, 2.05) is 12.1 Å². The van der Waals surface area contributed by atoms with Gasteiger partial charge in [-0.2, -0.15) is 0 Å². The molecule has 1 heterocycles. The number of para-hydroxylation sites is 2. The lowest BCUT2D eigenvalue weighted by atomic mass is 10.1. The van der Waals surface area contributed by atoms with Crippen LogP contribution >= 0.6 is 0 Å². The number of fused-ring (bicyclic) bond motifs is 1. The van der Waals surface area contributed by atoms with Crippen molar-refractivity contribution in [1.82, 2.24) is 0 Å². The molecule has 2 aromatic carbocycles. The van der Waals surface area contributed by atoms with E-state index in [2.05, 4.69) is 0 Å². The first-order valence-corrected chi connectivity index (χ1v) is 6.98. The van der Waals surface area contributed by atoms with Crippen molar-refractivity contribution in [3.8, 4) is 23.0 Å². The number of rotatable bonds is 4. The molecule has 5 heteroatoms. The van der Waals surface area contributed by atoms with Crippen LogP contribution in [0.5, 0.6) is 23.0 Å². The fraction of sp³-hybridized carbons (Fsp3) is 0.235. The van der Waals surface area contributed by atoms with Gasteiger partial charge in [0.15, 0.2) is 23.0 Å². The zero-order valence-electron chi connectivity index (χ0n) is 12.2. The van der Waals surface area contributed by atoms with E-state index in [0.29, 0.717) is 36.2 Å². The number of carbonyl (C=O) groups excluding carboxylic acids is 1. The Balaban J connectivity index is 1.69. The van der Waals surface area contributed by atoms with Gasteiger partial charge in [-0.05, 0) is 29.8 Å². The Hall–Kier alpha value is -2.69. The summed E-state index contributed by atoms with van der Waals surface area (Å²) in [7, 11) is 1.54. The smallest absolute Gasteiger partial charge is 0.315 e. The molecule has 0 saturated carbocycles. The molecule has 0 radical (unpaired) electrons. The summed E-state index contributed by atoms with van der Waals surface area (Å²) in [5, 5.41) is 0. The molecule has 0 unspecified atom stereocenters. The monoisotopic (exact) mass is 300 g/mol. The molecule has 0 fully saturated rings. The van der Waals surface area contributed by atoms with Gasteiger partial charge in [0.1, 0.15) is 13.2 Å². The van der Waals surface area contributed by atoms with Crippen LogP contribution in [0.4, 0.5) is 0 Å². The number of carbonyl (C=O) groups is 1. The summed E-state index contributed by atoms with van der Waals surface area (Å²) in [6, 6.07) is 12.5. The Bertz CT molecular complexity index is 680. The van der Waals surface area contributed by atoms with Gasteiger partial charge in [-0.25, -0.2) is 0 Å². The van der Waals surface area contributed by atoms with Gasteiger partial charge in [0.2, 0.25) is 0 Å². The first-order valence-electron chi connectivity index (χ1n) is 6.98. The maximum Gasteiger partial charge on any atom is 0.315 e. The third-order valence-corrected chi connectivity index (χ3v) is 3.25. The van der Waals surface area contributed by atoms with Crippen molar-refractivity contribution in [1.29, 1.82) is 0 Å². The maximum absolute atomic E-state index is 12.1. The van der Waals surface area contributed by atoms with Crippen molar-refractivity contribution >= 4 is 5.97 Å². The highest BCUT2D eigenvalue weighted by Gasteiger charge is 2.15. The molecule has 0 atom stereocenters. The lowest BCUT2D eigenvalue weighted by Gasteiger charge is -2.18. The van der Waals surface area contributed by atoms with Crippen molar-refractivity contribution in [3.63, 3.8) is 0 Å². The average molecular weight is 300 g/mol. The average Bonchev–Trinajstić information content (AvgIpc) is 2.55. The number of hydrogen-bond donors (Lipinski definition) is 0. The summed E-state index contributed by atoms with van der Waals surface area (Å²) in [6.07, 6.45) is 0.148. The van der Waals surface area contributed by atoms with E-state index in [0.717, 1.165) is 5.56 Å². The SMILES string of the molecule is COc1ccccc1OC(=O)Cc1ccc2c(c1)OCCO2. The molecule has 5 nitrogen and oxygen atoms in total. The van der Waals surface area contributed by atoms with E-state index in [-0.39, 0.29) is 12.4 Å². The second kappa shape index (κ2) is 6.39. The van der Waals surface area contributed by atoms with Crippen LogP contribution in [0, 0.1) is 0 Å². The Labute approximate surface area is 128 Å². The van der Waals surface area contributed by atoms with Crippen LogP contribution < -0.4 is 18.9 Å². The van der Waals surface area contributed by atoms with Gasteiger partial charge in [-0.3, -0.25) is 4.79 Å². The second-order valence-corrected chi connectivity index (χ2v) is 4.78. The minimum Gasteiger partial charge on any atom is -0.493 e. The Morgan fingerprint density at radius 1 is 1.05 bits per heavy atom. The Morgan fingerprint density at radius 2 is 1.77 bits per heavy atom. The van der Waals surface area contributed by atoms with Gasteiger partial charge >= 0.3 is 5.97 Å². The van der Waals surface area contributed by atoms with Gasteiger partial charge in [0, 0.05) is 0 Å². The van der Waals surface area contributed by atoms with Crippen molar-refractivity contribution < 1.29 is 23.7 Å². The molecular weight excluding hydrogens is 284 g/mol. The number of methoxy groups -OCH3 is 1. The molecule has 1 aliphatic heterocycles. The molecule has 2 aromatic rings. The van der Waals surface area contributed by atoms with Crippen molar-refractivity contribution in [2.45, 2.75) is 6.42 Å². The molecule has 114 valence electrons. The third kappa shape index (κ3) is 3.14. The topological polar surface area (TPSA) is 54.0 Å². The number of ether oxygens (including phenoxy) is 4. The predicted molar refractivity (Wildman–Crippen MR) is 79.8 cm³/mol. The third-order valence-electron chi connectivity index (χ3n) is 3.25. The first kappa shape index (κ1) is 14.3. The summed E-state index contributed by atoms with van der Waals surface area (Å²) in [5.41, 5.74) is 0.809.